The van der Waals surface area contributed by atoms with Crippen molar-refractivity contribution in [1.82, 2.24) is 4.90 Å². The molecule has 0 spiro atoms. The molecule has 1 saturated heterocycles. The number of benzene rings is 2. The van der Waals surface area contributed by atoms with Gasteiger partial charge in [0.15, 0.2) is 17.3 Å². The van der Waals surface area contributed by atoms with Crippen molar-refractivity contribution in [2.75, 3.05) is 38.7 Å². The van der Waals surface area contributed by atoms with Crippen LogP contribution in [0.4, 0.5) is 0 Å². The first kappa shape index (κ1) is 24.3. The molecule has 0 aliphatic carbocycles. The molecule has 1 amide bonds. The quantitative estimate of drug-likeness (QED) is 0.309. The third kappa shape index (κ3) is 5.65. The van der Waals surface area contributed by atoms with E-state index < -0.39 is 11.9 Å². The molecule has 0 unspecified atom stereocenters. The molecule has 0 bridgehead atoms. The molecule has 0 aromatic heterocycles. The Bertz CT molecular complexity index is 1190. The highest BCUT2D eigenvalue weighted by molar-refractivity contribution is 8.04. The Balaban J connectivity index is 1.43. The number of carbonyl (C=O) groups is 4. The zero-order chi connectivity index (χ0) is 24.8. The van der Waals surface area contributed by atoms with E-state index in [-0.39, 0.29) is 48.3 Å². The molecule has 2 aromatic carbocycles. The Labute approximate surface area is 206 Å². The third-order valence-corrected chi connectivity index (χ3v) is 6.21. The predicted molar refractivity (Wildman–Crippen MR) is 126 cm³/mol. The zero-order valence-corrected chi connectivity index (χ0v) is 19.8. The highest BCUT2D eigenvalue weighted by atomic mass is 32.2. The van der Waals surface area contributed by atoms with Gasteiger partial charge in [0.1, 0.15) is 19.8 Å². The van der Waals surface area contributed by atoms with Crippen LogP contribution in [0.5, 0.6) is 11.5 Å². The lowest BCUT2D eigenvalue weighted by Gasteiger charge is -2.19. The lowest BCUT2D eigenvalue weighted by Crippen LogP contribution is -2.29. The molecule has 0 N–H and O–H groups in total. The number of fused-ring (bicyclic) bond motifs is 1. The minimum absolute atomic E-state index is 0.0705. The summed E-state index contributed by atoms with van der Waals surface area (Å²) in [6.45, 7) is 2.71. The Morgan fingerprint density at radius 2 is 1.77 bits per heavy atom. The topological polar surface area (TPSA) is 108 Å². The average molecular weight is 498 g/mol. The van der Waals surface area contributed by atoms with E-state index in [4.69, 9.17) is 18.9 Å². The maximum Gasteiger partial charge on any atom is 0.338 e. The Morgan fingerprint density at radius 3 is 2.54 bits per heavy atom. The summed E-state index contributed by atoms with van der Waals surface area (Å²) in [5.74, 6) is -0.573. The second-order valence-electron chi connectivity index (χ2n) is 7.44. The summed E-state index contributed by atoms with van der Waals surface area (Å²) >= 11 is 1.21. The van der Waals surface area contributed by atoms with Crippen LogP contribution >= 0.6 is 11.8 Å². The molecule has 2 heterocycles. The van der Waals surface area contributed by atoms with E-state index in [0.29, 0.717) is 35.3 Å². The molecular weight excluding hydrogens is 474 g/mol. The van der Waals surface area contributed by atoms with E-state index in [0.717, 1.165) is 0 Å². The van der Waals surface area contributed by atoms with Crippen LogP contribution in [0.1, 0.15) is 33.2 Å². The molecular formula is C25H23NO8S. The Kier molecular flexibility index (Phi) is 7.71. The largest absolute Gasteiger partial charge is 0.486 e. The van der Waals surface area contributed by atoms with Crippen molar-refractivity contribution < 1.29 is 38.1 Å². The molecule has 0 radical (unpaired) electrons. The van der Waals surface area contributed by atoms with Crippen LogP contribution in [0.3, 0.4) is 0 Å². The maximum absolute atomic E-state index is 13.2. The number of nitrogens with zero attached hydrogens (tertiary/aromatic N) is 1. The van der Waals surface area contributed by atoms with Gasteiger partial charge in [0.05, 0.1) is 35.6 Å². The van der Waals surface area contributed by atoms with E-state index in [9.17, 15) is 19.2 Å². The lowest BCUT2D eigenvalue weighted by atomic mass is 9.98. The number of rotatable bonds is 8. The van der Waals surface area contributed by atoms with Crippen LogP contribution < -0.4 is 9.47 Å². The fourth-order valence-corrected chi connectivity index (χ4v) is 4.52. The van der Waals surface area contributed by atoms with Gasteiger partial charge in [-0.05, 0) is 31.2 Å². The molecule has 2 aliphatic rings. The van der Waals surface area contributed by atoms with Crippen molar-refractivity contribution in [3.05, 3.63) is 70.3 Å². The van der Waals surface area contributed by atoms with Crippen molar-refractivity contribution in [2.24, 2.45) is 0 Å². The van der Waals surface area contributed by atoms with Crippen molar-refractivity contribution in [3.8, 4) is 11.5 Å². The standard InChI is InChI=1S/C25H23NO8S/c1-2-31-23(28)14-22-26(21(27)15-35-22)9-10-34-25(30)18-6-4-3-5-17(18)24(29)16-7-8-19-20(13-16)33-12-11-32-19/h3-8,13-14H,2,9-12,15H2,1H3/b22-14+. The summed E-state index contributed by atoms with van der Waals surface area (Å²) in [5.41, 5.74) is 0.643. The normalized spacial score (nSPS) is 15.7. The lowest BCUT2D eigenvalue weighted by molar-refractivity contribution is -0.137. The number of amides is 1. The summed E-state index contributed by atoms with van der Waals surface area (Å²) < 4.78 is 21.3. The summed E-state index contributed by atoms with van der Waals surface area (Å²) in [7, 11) is 0. The fraction of sp³-hybridized carbons (Fsp3) is 0.280. The molecule has 10 heteroatoms. The first-order chi connectivity index (χ1) is 17.0. The summed E-state index contributed by atoms with van der Waals surface area (Å²) in [6, 6.07) is 11.2. The number of ketones is 1. The van der Waals surface area contributed by atoms with Gasteiger partial charge in [-0.15, -0.1) is 0 Å². The Morgan fingerprint density at radius 1 is 1.03 bits per heavy atom. The van der Waals surface area contributed by atoms with Crippen LogP contribution in [-0.4, -0.2) is 67.3 Å². The van der Waals surface area contributed by atoms with Gasteiger partial charge in [-0.25, -0.2) is 9.59 Å². The van der Waals surface area contributed by atoms with Crippen molar-refractivity contribution in [1.29, 1.82) is 0 Å². The van der Waals surface area contributed by atoms with E-state index >= 15 is 0 Å². The molecule has 182 valence electrons. The second-order valence-corrected chi connectivity index (χ2v) is 8.43. The molecule has 35 heavy (non-hydrogen) atoms. The van der Waals surface area contributed by atoms with Crippen molar-refractivity contribution in [2.45, 2.75) is 6.92 Å². The monoisotopic (exact) mass is 497 g/mol. The smallest absolute Gasteiger partial charge is 0.338 e. The molecule has 0 saturated carbocycles. The Hall–Kier alpha value is -3.79. The zero-order valence-electron chi connectivity index (χ0n) is 19.0. The predicted octanol–water partition coefficient (Wildman–Crippen LogP) is 2.83. The van der Waals surface area contributed by atoms with Crippen LogP contribution in [0.15, 0.2) is 53.6 Å². The van der Waals surface area contributed by atoms with Crippen LogP contribution in [0.2, 0.25) is 0 Å². The van der Waals surface area contributed by atoms with Crippen LogP contribution in [-0.2, 0) is 19.1 Å². The van der Waals surface area contributed by atoms with E-state index in [1.165, 1.54) is 28.8 Å². The van der Waals surface area contributed by atoms with Gasteiger partial charge in [0.2, 0.25) is 5.91 Å². The molecule has 2 aromatic rings. The SMILES string of the molecule is CCOC(=O)/C=C1/SCC(=O)N1CCOC(=O)c1ccccc1C(=O)c1ccc2c(c1)OCCO2. The molecule has 0 atom stereocenters. The van der Waals surface area contributed by atoms with E-state index in [1.54, 1.807) is 43.3 Å². The third-order valence-electron chi connectivity index (χ3n) is 5.18. The van der Waals surface area contributed by atoms with Gasteiger partial charge in [-0.2, -0.15) is 0 Å². The summed E-state index contributed by atoms with van der Waals surface area (Å²) in [6.07, 6.45) is 1.25. The summed E-state index contributed by atoms with van der Waals surface area (Å²) in [4.78, 5) is 51.3. The van der Waals surface area contributed by atoms with Gasteiger partial charge in [0.25, 0.3) is 0 Å². The first-order valence-electron chi connectivity index (χ1n) is 11.0. The van der Waals surface area contributed by atoms with Gasteiger partial charge in [0, 0.05) is 11.1 Å². The van der Waals surface area contributed by atoms with Gasteiger partial charge >= 0.3 is 11.9 Å². The molecule has 9 nitrogen and oxygen atoms in total. The van der Waals surface area contributed by atoms with Gasteiger partial charge in [-0.3, -0.25) is 9.59 Å². The number of hydrogen-bond acceptors (Lipinski definition) is 9. The van der Waals surface area contributed by atoms with Crippen LogP contribution in [0, 0.1) is 0 Å². The van der Waals surface area contributed by atoms with E-state index in [1.807, 2.05) is 0 Å². The number of ether oxygens (including phenoxy) is 4. The van der Waals surface area contributed by atoms with E-state index in [2.05, 4.69) is 0 Å². The highest BCUT2D eigenvalue weighted by Gasteiger charge is 2.28. The van der Waals surface area contributed by atoms with Crippen LogP contribution in [0.25, 0.3) is 0 Å². The number of esters is 2. The number of thioether (sulfide) groups is 1. The van der Waals surface area contributed by atoms with Crippen molar-refractivity contribution >= 4 is 35.4 Å². The second kappa shape index (κ2) is 11.1. The number of carbonyl (C=O) groups excluding carboxylic acids is 4. The van der Waals surface area contributed by atoms with Crippen molar-refractivity contribution in [3.63, 3.8) is 0 Å². The highest BCUT2D eigenvalue weighted by Crippen LogP contribution is 2.32. The summed E-state index contributed by atoms with van der Waals surface area (Å²) in [5, 5.41) is 0.443. The molecule has 2 aliphatic heterocycles. The number of hydrogen-bond donors (Lipinski definition) is 0. The maximum atomic E-state index is 13.2. The minimum atomic E-state index is -0.693. The van der Waals surface area contributed by atoms with Gasteiger partial charge < -0.3 is 23.8 Å². The molecule has 4 rings (SSSR count). The average Bonchev–Trinajstić information content (AvgIpc) is 3.22. The molecule has 1 fully saturated rings. The van der Waals surface area contributed by atoms with Gasteiger partial charge in [-0.1, -0.05) is 30.0 Å². The first-order valence-corrected chi connectivity index (χ1v) is 12.0. The minimum Gasteiger partial charge on any atom is -0.486 e. The fourth-order valence-electron chi connectivity index (χ4n) is 3.56.